The summed E-state index contributed by atoms with van der Waals surface area (Å²) >= 11 is 3.42. The van der Waals surface area contributed by atoms with Gasteiger partial charge in [-0.2, -0.15) is 0 Å². The van der Waals surface area contributed by atoms with Crippen LogP contribution in [0.15, 0.2) is 10.7 Å². The number of halogens is 1. The van der Waals surface area contributed by atoms with E-state index in [-0.39, 0.29) is 12.1 Å². The lowest BCUT2D eigenvalue weighted by Crippen LogP contribution is -2.32. The van der Waals surface area contributed by atoms with Crippen molar-refractivity contribution in [2.45, 2.75) is 44.6 Å². The average molecular weight is 300 g/mol. The Kier molecular flexibility index (Phi) is 3.68. The zero-order chi connectivity index (χ0) is 12.5. The van der Waals surface area contributed by atoms with Gasteiger partial charge >= 0.3 is 0 Å². The molecule has 0 spiro atoms. The van der Waals surface area contributed by atoms with Gasteiger partial charge in [0.05, 0.1) is 0 Å². The summed E-state index contributed by atoms with van der Waals surface area (Å²) in [6.45, 7) is 4.27. The normalized spacial score (nSPS) is 16.0. The maximum atomic E-state index is 9.01. The molecule has 0 radical (unpaired) electrons. The number of nitrogens with one attached hydrogen (secondary N) is 1. The molecule has 0 saturated heterocycles. The molecule has 0 aromatic carbocycles. The van der Waals surface area contributed by atoms with Crippen molar-refractivity contribution in [2.24, 2.45) is 0 Å². The molecule has 17 heavy (non-hydrogen) atoms. The van der Waals surface area contributed by atoms with Crippen LogP contribution in [0, 0.1) is 0 Å². The molecule has 0 amide bonds. The maximum Gasteiger partial charge on any atom is 0.135 e. The van der Waals surface area contributed by atoms with Crippen molar-refractivity contribution in [3.63, 3.8) is 0 Å². The van der Waals surface area contributed by atoms with Gasteiger partial charge in [0.2, 0.25) is 0 Å². The van der Waals surface area contributed by atoms with Crippen LogP contribution in [0.1, 0.15) is 44.9 Å². The highest BCUT2D eigenvalue weighted by Gasteiger charge is 2.27. The fourth-order valence-electron chi connectivity index (χ4n) is 1.71. The second kappa shape index (κ2) is 4.90. The molecule has 94 valence electrons. The number of rotatable bonds is 5. The zero-order valence-corrected chi connectivity index (χ0v) is 11.8. The lowest BCUT2D eigenvalue weighted by molar-refractivity contribution is 0.260. The van der Waals surface area contributed by atoms with E-state index in [1.165, 1.54) is 12.8 Å². The molecule has 0 aliphatic heterocycles. The summed E-state index contributed by atoms with van der Waals surface area (Å²) in [6, 6.07) is 1.88. The van der Waals surface area contributed by atoms with Crippen molar-refractivity contribution in [3.8, 4) is 0 Å². The van der Waals surface area contributed by atoms with Crippen LogP contribution >= 0.6 is 15.9 Å². The van der Waals surface area contributed by atoms with E-state index in [1.54, 1.807) is 0 Å². The van der Waals surface area contributed by atoms with Crippen LogP contribution in [0.5, 0.6) is 0 Å². The SMILES string of the molecule is CC(C)(CCO)Nc1cc(Br)nc(C2CC2)n1. The number of anilines is 1. The summed E-state index contributed by atoms with van der Waals surface area (Å²) in [6.07, 6.45) is 3.07. The highest BCUT2D eigenvalue weighted by atomic mass is 79.9. The van der Waals surface area contributed by atoms with Crippen LogP contribution in [0.3, 0.4) is 0 Å². The Balaban J connectivity index is 2.14. The fourth-order valence-corrected chi connectivity index (χ4v) is 2.11. The van der Waals surface area contributed by atoms with Crippen LogP contribution in [-0.4, -0.2) is 27.2 Å². The number of aliphatic hydroxyl groups excluding tert-OH is 1. The Morgan fingerprint density at radius 1 is 1.47 bits per heavy atom. The molecule has 1 saturated carbocycles. The molecule has 1 fully saturated rings. The monoisotopic (exact) mass is 299 g/mol. The van der Waals surface area contributed by atoms with Crippen molar-refractivity contribution >= 4 is 21.7 Å². The third kappa shape index (κ3) is 3.64. The van der Waals surface area contributed by atoms with Crippen LogP contribution in [0.2, 0.25) is 0 Å². The smallest absolute Gasteiger partial charge is 0.135 e. The third-order valence-corrected chi connectivity index (χ3v) is 3.26. The molecule has 0 unspecified atom stereocenters. The lowest BCUT2D eigenvalue weighted by atomic mass is 10.0. The summed E-state index contributed by atoms with van der Waals surface area (Å²) in [5.41, 5.74) is -0.163. The minimum atomic E-state index is -0.163. The standard InChI is InChI=1S/C12H18BrN3O/c1-12(2,5-6-17)16-10-7-9(13)14-11(15-10)8-3-4-8/h7-8,17H,3-6H2,1-2H3,(H,14,15,16). The topological polar surface area (TPSA) is 58.0 Å². The number of aliphatic hydroxyl groups is 1. The predicted octanol–water partition coefficient (Wildman–Crippen LogP) is 2.69. The molecule has 1 aliphatic carbocycles. The minimum absolute atomic E-state index is 0.163. The van der Waals surface area contributed by atoms with E-state index in [4.69, 9.17) is 5.11 Å². The summed E-state index contributed by atoms with van der Waals surface area (Å²) < 4.78 is 0.816. The highest BCUT2D eigenvalue weighted by molar-refractivity contribution is 9.10. The van der Waals surface area contributed by atoms with Gasteiger partial charge in [0.25, 0.3) is 0 Å². The van der Waals surface area contributed by atoms with Gasteiger partial charge < -0.3 is 10.4 Å². The first-order valence-corrected chi connectivity index (χ1v) is 6.73. The van der Waals surface area contributed by atoms with Crippen LogP contribution in [0.4, 0.5) is 5.82 Å². The molecule has 0 bridgehead atoms. The number of hydrogen-bond donors (Lipinski definition) is 2. The van der Waals surface area contributed by atoms with Crippen molar-refractivity contribution in [2.75, 3.05) is 11.9 Å². The number of aromatic nitrogens is 2. The largest absolute Gasteiger partial charge is 0.396 e. The Bertz CT molecular complexity index is 405. The van der Waals surface area contributed by atoms with E-state index in [0.717, 1.165) is 16.2 Å². The first-order chi connectivity index (χ1) is 8.00. The lowest BCUT2D eigenvalue weighted by Gasteiger charge is -2.26. The summed E-state index contributed by atoms with van der Waals surface area (Å²) in [7, 11) is 0. The molecule has 0 atom stereocenters. The molecule has 1 aromatic rings. The Hall–Kier alpha value is -0.680. The second-order valence-electron chi connectivity index (χ2n) is 5.19. The third-order valence-electron chi connectivity index (χ3n) is 2.86. The fraction of sp³-hybridized carbons (Fsp3) is 0.667. The van der Waals surface area contributed by atoms with E-state index < -0.39 is 0 Å². The quantitative estimate of drug-likeness (QED) is 0.821. The van der Waals surface area contributed by atoms with E-state index in [1.807, 2.05) is 6.07 Å². The predicted molar refractivity (Wildman–Crippen MR) is 71.1 cm³/mol. The molecule has 4 nitrogen and oxygen atoms in total. The van der Waals surface area contributed by atoms with Crippen LogP contribution in [0.25, 0.3) is 0 Å². The first kappa shape index (κ1) is 12.8. The number of hydrogen-bond acceptors (Lipinski definition) is 4. The van der Waals surface area contributed by atoms with Gasteiger partial charge in [0.15, 0.2) is 0 Å². The molecule has 2 N–H and O–H groups in total. The van der Waals surface area contributed by atoms with E-state index in [9.17, 15) is 0 Å². The summed E-state index contributed by atoms with van der Waals surface area (Å²) in [5.74, 6) is 2.28. The molecule has 1 aromatic heterocycles. The minimum Gasteiger partial charge on any atom is -0.396 e. The van der Waals surface area contributed by atoms with Crippen LogP contribution < -0.4 is 5.32 Å². The zero-order valence-electron chi connectivity index (χ0n) is 10.2. The van der Waals surface area contributed by atoms with E-state index in [2.05, 4.69) is 45.1 Å². The van der Waals surface area contributed by atoms with Gasteiger partial charge in [-0.25, -0.2) is 9.97 Å². The van der Waals surface area contributed by atoms with E-state index >= 15 is 0 Å². The highest BCUT2D eigenvalue weighted by Crippen LogP contribution is 2.39. The van der Waals surface area contributed by atoms with E-state index in [0.29, 0.717) is 12.3 Å². The Labute approximate surface area is 110 Å². The molecule has 1 aliphatic rings. The Morgan fingerprint density at radius 2 is 2.18 bits per heavy atom. The van der Waals surface area contributed by atoms with Gasteiger partial charge in [-0.05, 0) is 49.0 Å². The number of nitrogens with zero attached hydrogens (tertiary/aromatic N) is 2. The molecular weight excluding hydrogens is 282 g/mol. The molecule has 2 rings (SSSR count). The Morgan fingerprint density at radius 3 is 2.76 bits per heavy atom. The second-order valence-corrected chi connectivity index (χ2v) is 6.00. The van der Waals surface area contributed by atoms with Gasteiger partial charge in [-0.3, -0.25) is 0 Å². The molecule has 1 heterocycles. The van der Waals surface area contributed by atoms with Gasteiger partial charge in [0, 0.05) is 24.1 Å². The maximum absolute atomic E-state index is 9.01. The van der Waals surface area contributed by atoms with Gasteiger partial charge in [0.1, 0.15) is 16.2 Å². The molecular formula is C12H18BrN3O. The van der Waals surface area contributed by atoms with Crippen molar-refractivity contribution in [1.29, 1.82) is 0 Å². The van der Waals surface area contributed by atoms with Crippen molar-refractivity contribution in [3.05, 3.63) is 16.5 Å². The van der Waals surface area contributed by atoms with Gasteiger partial charge in [-0.15, -0.1) is 0 Å². The van der Waals surface area contributed by atoms with Gasteiger partial charge in [-0.1, -0.05) is 0 Å². The van der Waals surface area contributed by atoms with Crippen molar-refractivity contribution in [1.82, 2.24) is 9.97 Å². The first-order valence-electron chi connectivity index (χ1n) is 5.94. The van der Waals surface area contributed by atoms with Crippen molar-refractivity contribution < 1.29 is 5.11 Å². The van der Waals surface area contributed by atoms with Crippen LogP contribution in [-0.2, 0) is 0 Å². The molecule has 5 heteroatoms. The summed E-state index contributed by atoms with van der Waals surface area (Å²) in [4.78, 5) is 8.92. The average Bonchev–Trinajstić information content (AvgIpc) is 2.97. The summed E-state index contributed by atoms with van der Waals surface area (Å²) in [5, 5.41) is 12.3.